The second-order valence-electron chi connectivity index (χ2n) is 7.94. The third-order valence-corrected chi connectivity index (χ3v) is 5.97. The minimum Gasteiger partial charge on any atom is -0.354 e. The van der Waals surface area contributed by atoms with Crippen LogP contribution < -0.4 is 5.32 Å². The zero-order valence-corrected chi connectivity index (χ0v) is 19.7. The fraction of sp³-hybridized carbons (Fsp3) is 0.417. The van der Waals surface area contributed by atoms with Crippen molar-refractivity contribution in [3.8, 4) is 0 Å². The molecule has 1 N–H and O–H groups in total. The lowest BCUT2D eigenvalue weighted by Gasteiger charge is -2.29. The predicted molar refractivity (Wildman–Crippen MR) is 127 cm³/mol. The van der Waals surface area contributed by atoms with Crippen LogP contribution in [0.4, 0.5) is 0 Å². The molecule has 0 saturated heterocycles. The van der Waals surface area contributed by atoms with Crippen molar-refractivity contribution in [2.45, 2.75) is 46.0 Å². The summed E-state index contributed by atoms with van der Waals surface area (Å²) in [6, 6.07) is 15.2. The van der Waals surface area contributed by atoms with Gasteiger partial charge in [0.15, 0.2) is 0 Å². The number of nitrogens with one attached hydrogen (secondary N) is 1. The molecule has 0 heterocycles. The highest BCUT2D eigenvalue weighted by Gasteiger charge is 2.26. The smallest absolute Gasteiger partial charge is 0.242 e. The molecule has 0 aromatic heterocycles. The van der Waals surface area contributed by atoms with Gasteiger partial charge in [0.05, 0.1) is 5.75 Å². The number of nitrogens with zero attached hydrogens (tertiary/aromatic N) is 1. The Morgan fingerprint density at radius 1 is 1.00 bits per heavy atom. The fourth-order valence-electron chi connectivity index (χ4n) is 2.84. The fourth-order valence-corrected chi connectivity index (χ4v) is 3.84. The van der Waals surface area contributed by atoms with Gasteiger partial charge in [-0.05, 0) is 43.0 Å². The van der Waals surface area contributed by atoms with Gasteiger partial charge in [-0.2, -0.15) is 0 Å². The molecule has 2 aromatic carbocycles. The molecule has 4 nitrogen and oxygen atoms in total. The number of benzene rings is 2. The third-order valence-electron chi connectivity index (χ3n) is 4.73. The molecule has 2 amide bonds. The molecular weight excluding hydrogens is 416 g/mol. The van der Waals surface area contributed by atoms with E-state index in [1.807, 2.05) is 69.3 Å². The summed E-state index contributed by atoms with van der Waals surface area (Å²) in [5.41, 5.74) is 3.29. The van der Waals surface area contributed by atoms with Crippen LogP contribution in [-0.4, -0.2) is 35.1 Å². The molecule has 2 aromatic rings. The van der Waals surface area contributed by atoms with Crippen molar-refractivity contribution in [1.82, 2.24) is 10.2 Å². The van der Waals surface area contributed by atoms with Gasteiger partial charge >= 0.3 is 0 Å². The van der Waals surface area contributed by atoms with Crippen LogP contribution in [0, 0.1) is 12.8 Å². The summed E-state index contributed by atoms with van der Waals surface area (Å²) in [5.74, 6) is 1.23. The molecule has 6 heteroatoms. The number of hydrogen-bond donors (Lipinski definition) is 1. The van der Waals surface area contributed by atoms with Gasteiger partial charge < -0.3 is 10.2 Å². The lowest BCUT2D eigenvalue weighted by Crippen LogP contribution is -2.48. The topological polar surface area (TPSA) is 49.4 Å². The highest BCUT2D eigenvalue weighted by molar-refractivity contribution is 7.99. The van der Waals surface area contributed by atoms with Crippen molar-refractivity contribution >= 4 is 35.2 Å². The molecule has 0 aliphatic rings. The van der Waals surface area contributed by atoms with E-state index in [0.29, 0.717) is 29.8 Å². The van der Waals surface area contributed by atoms with Crippen molar-refractivity contribution in [2.24, 2.45) is 5.92 Å². The van der Waals surface area contributed by atoms with Crippen LogP contribution in [-0.2, 0) is 21.9 Å². The largest absolute Gasteiger partial charge is 0.354 e. The van der Waals surface area contributed by atoms with Crippen LogP contribution in [0.2, 0.25) is 5.02 Å². The Morgan fingerprint density at radius 3 is 2.20 bits per heavy atom. The average Bonchev–Trinajstić information content (AvgIpc) is 2.72. The SMILES string of the molecule is Cc1ccc(CN(C(=O)CSCc2ccc(Cl)cc2)[C@H](C)C(=O)NCC(C)C)cc1. The molecule has 1 atom stereocenters. The molecule has 0 radical (unpaired) electrons. The van der Waals surface area contributed by atoms with Crippen molar-refractivity contribution in [1.29, 1.82) is 0 Å². The van der Waals surface area contributed by atoms with Crippen molar-refractivity contribution in [2.75, 3.05) is 12.3 Å². The van der Waals surface area contributed by atoms with E-state index in [1.54, 1.807) is 23.6 Å². The molecule has 0 aliphatic carbocycles. The number of halogens is 1. The monoisotopic (exact) mass is 446 g/mol. The number of amides is 2. The van der Waals surface area contributed by atoms with Gasteiger partial charge in [0, 0.05) is 23.9 Å². The molecule has 0 aliphatic heterocycles. The minimum atomic E-state index is -0.534. The van der Waals surface area contributed by atoms with Crippen molar-refractivity contribution < 1.29 is 9.59 Å². The van der Waals surface area contributed by atoms with E-state index in [4.69, 9.17) is 11.6 Å². The molecule has 0 bridgehead atoms. The van der Waals surface area contributed by atoms with Crippen molar-refractivity contribution in [3.63, 3.8) is 0 Å². The van der Waals surface area contributed by atoms with Gasteiger partial charge in [-0.1, -0.05) is 67.4 Å². The van der Waals surface area contributed by atoms with E-state index >= 15 is 0 Å². The lowest BCUT2D eigenvalue weighted by molar-refractivity contribution is -0.138. The first kappa shape index (κ1) is 24.3. The van der Waals surface area contributed by atoms with Gasteiger partial charge in [0.2, 0.25) is 11.8 Å². The normalized spacial score (nSPS) is 11.9. The van der Waals surface area contributed by atoms with Gasteiger partial charge in [-0.25, -0.2) is 0 Å². The third kappa shape index (κ3) is 8.04. The molecule has 0 saturated carbocycles. The van der Waals surface area contributed by atoms with Crippen molar-refractivity contribution in [3.05, 3.63) is 70.2 Å². The minimum absolute atomic E-state index is 0.0401. The number of thioether (sulfide) groups is 1. The van der Waals surface area contributed by atoms with E-state index in [0.717, 1.165) is 22.4 Å². The number of carbonyl (C=O) groups is 2. The van der Waals surface area contributed by atoms with Gasteiger partial charge in [-0.3, -0.25) is 9.59 Å². The Bertz CT molecular complexity index is 822. The van der Waals surface area contributed by atoms with E-state index in [-0.39, 0.29) is 11.8 Å². The first-order valence-electron chi connectivity index (χ1n) is 10.2. The maximum Gasteiger partial charge on any atom is 0.242 e. The number of hydrogen-bond acceptors (Lipinski definition) is 3. The Morgan fingerprint density at radius 2 is 1.60 bits per heavy atom. The molecule has 162 valence electrons. The lowest BCUT2D eigenvalue weighted by atomic mass is 10.1. The summed E-state index contributed by atoms with van der Waals surface area (Å²) < 4.78 is 0. The highest BCUT2D eigenvalue weighted by atomic mass is 35.5. The molecule has 30 heavy (non-hydrogen) atoms. The zero-order chi connectivity index (χ0) is 22.1. The molecule has 0 fully saturated rings. The summed E-state index contributed by atoms with van der Waals surface area (Å²) in [5, 5.41) is 3.65. The maximum atomic E-state index is 13.0. The average molecular weight is 447 g/mol. The Kier molecular flexibility index (Phi) is 9.73. The van der Waals surface area contributed by atoms with Crippen LogP contribution in [0.1, 0.15) is 37.5 Å². The van der Waals surface area contributed by atoms with Crippen LogP contribution in [0.15, 0.2) is 48.5 Å². The molecule has 0 spiro atoms. The van der Waals surface area contributed by atoms with Gasteiger partial charge in [0.25, 0.3) is 0 Å². The number of aryl methyl sites for hydroxylation is 1. The van der Waals surface area contributed by atoms with Crippen LogP contribution in [0.5, 0.6) is 0 Å². The molecule has 0 unspecified atom stereocenters. The van der Waals surface area contributed by atoms with Crippen LogP contribution in [0.3, 0.4) is 0 Å². The Hall–Kier alpha value is -1.98. The zero-order valence-electron chi connectivity index (χ0n) is 18.2. The van der Waals surface area contributed by atoms with Gasteiger partial charge in [-0.15, -0.1) is 11.8 Å². The summed E-state index contributed by atoms with van der Waals surface area (Å²) in [4.78, 5) is 27.4. The Labute approximate surface area is 189 Å². The van der Waals surface area contributed by atoms with E-state index in [1.165, 1.54) is 0 Å². The summed E-state index contributed by atoms with van der Waals surface area (Å²) >= 11 is 7.47. The van der Waals surface area contributed by atoms with Crippen LogP contribution in [0.25, 0.3) is 0 Å². The quantitative estimate of drug-likeness (QED) is 0.554. The molecular formula is C24H31ClN2O2S. The van der Waals surface area contributed by atoms with Crippen LogP contribution >= 0.6 is 23.4 Å². The Balaban J connectivity index is 2.04. The van der Waals surface area contributed by atoms with Gasteiger partial charge in [0.1, 0.15) is 6.04 Å². The van der Waals surface area contributed by atoms with E-state index < -0.39 is 6.04 Å². The first-order chi connectivity index (χ1) is 14.3. The summed E-state index contributed by atoms with van der Waals surface area (Å²) in [6.07, 6.45) is 0. The predicted octanol–water partition coefficient (Wildman–Crippen LogP) is 5.07. The number of rotatable bonds is 10. The highest BCUT2D eigenvalue weighted by Crippen LogP contribution is 2.18. The summed E-state index contributed by atoms with van der Waals surface area (Å²) in [7, 11) is 0. The standard InChI is InChI=1S/C24H31ClN2O2S/c1-17(2)13-26-24(29)19(4)27(14-20-7-5-18(3)6-8-20)23(28)16-30-15-21-9-11-22(25)12-10-21/h5-12,17,19H,13-16H2,1-4H3,(H,26,29)/t19-/m1/s1. The first-order valence-corrected chi connectivity index (χ1v) is 11.7. The molecule has 2 rings (SSSR count). The second kappa shape index (κ2) is 12.0. The van der Waals surface area contributed by atoms with E-state index in [9.17, 15) is 9.59 Å². The van der Waals surface area contributed by atoms with E-state index in [2.05, 4.69) is 5.32 Å². The number of carbonyl (C=O) groups excluding carboxylic acids is 2. The second-order valence-corrected chi connectivity index (χ2v) is 9.36. The maximum absolute atomic E-state index is 13.0. The summed E-state index contributed by atoms with van der Waals surface area (Å²) in [6.45, 7) is 8.94.